The van der Waals surface area contributed by atoms with Crippen LogP contribution in [-0.4, -0.2) is 22.2 Å². The maximum atomic E-state index is 10.7. The number of hydrogen-bond acceptors (Lipinski definition) is 4. The second-order valence-electron chi connectivity index (χ2n) is 3.17. The van der Waals surface area contributed by atoms with E-state index in [-0.39, 0.29) is 10.1 Å². The van der Waals surface area contributed by atoms with E-state index in [4.69, 9.17) is 23.7 Å². The highest BCUT2D eigenvalue weighted by Gasteiger charge is 2.03. The second kappa shape index (κ2) is 6.62. The topological polar surface area (TPSA) is 106 Å². The zero-order chi connectivity index (χ0) is 13.5. The number of hydrogen-bond donors (Lipinski definition) is 4. The van der Waals surface area contributed by atoms with Gasteiger partial charge in [-0.3, -0.25) is 10.2 Å². The number of rotatable bonds is 3. The van der Waals surface area contributed by atoms with Gasteiger partial charge in [0.1, 0.15) is 0 Å². The van der Waals surface area contributed by atoms with Gasteiger partial charge in [0.25, 0.3) is 5.91 Å². The Morgan fingerprint density at radius 3 is 2.33 bits per heavy atom. The van der Waals surface area contributed by atoms with E-state index in [9.17, 15) is 4.79 Å². The first-order valence-corrected chi connectivity index (χ1v) is 5.60. The highest BCUT2D eigenvalue weighted by atomic mass is 32.1. The molecule has 1 aromatic carbocycles. The summed E-state index contributed by atoms with van der Waals surface area (Å²) in [5, 5.41) is 6.59. The number of anilines is 1. The van der Waals surface area contributed by atoms with Crippen molar-refractivity contribution in [1.29, 1.82) is 0 Å². The standard InChI is InChI=1S/C10H11N5OS2/c11-8(16)9(17)14-7-3-1-6(2-4-7)5-13-15-10(12)18/h1-5H,(H2,11,16)(H,14,17)(H3,12,15,18)/b13-5-. The molecular weight excluding hydrogens is 270 g/mol. The van der Waals surface area contributed by atoms with Crippen LogP contribution in [0.2, 0.25) is 0 Å². The summed E-state index contributed by atoms with van der Waals surface area (Å²) >= 11 is 9.33. The molecule has 0 bridgehead atoms. The Bertz CT molecular complexity index is 497. The van der Waals surface area contributed by atoms with Crippen molar-refractivity contribution in [3.05, 3.63) is 29.8 Å². The maximum Gasteiger partial charge on any atom is 0.276 e. The molecule has 0 radical (unpaired) electrons. The van der Waals surface area contributed by atoms with E-state index < -0.39 is 5.91 Å². The molecule has 1 aromatic rings. The smallest absolute Gasteiger partial charge is 0.276 e. The van der Waals surface area contributed by atoms with Gasteiger partial charge in [-0.05, 0) is 29.9 Å². The summed E-state index contributed by atoms with van der Waals surface area (Å²) in [6, 6.07) is 7.02. The van der Waals surface area contributed by atoms with Gasteiger partial charge in [0.05, 0.1) is 6.21 Å². The van der Waals surface area contributed by atoms with Crippen LogP contribution in [0.4, 0.5) is 5.69 Å². The number of hydrazone groups is 1. The first-order valence-electron chi connectivity index (χ1n) is 4.78. The van der Waals surface area contributed by atoms with Gasteiger partial charge < -0.3 is 16.8 Å². The minimum atomic E-state index is -0.670. The van der Waals surface area contributed by atoms with Gasteiger partial charge >= 0.3 is 0 Å². The normalized spacial score (nSPS) is 10.0. The third-order valence-corrected chi connectivity index (χ3v) is 2.18. The lowest BCUT2D eigenvalue weighted by atomic mass is 10.2. The zero-order valence-electron chi connectivity index (χ0n) is 9.21. The Kier molecular flexibility index (Phi) is 5.15. The van der Waals surface area contributed by atoms with Crippen LogP contribution >= 0.6 is 24.4 Å². The molecule has 0 saturated carbocycles. The fourth-order valence-electron chi connectivity index (χ4n) is 1.02. The molecule has 0 aliphatic rings. The number of carbonyl (C=O) groups excluding carboxylic acids is 1. The fraction of sp³-hybridized carbons (Fsp3) is 0. The molecule has 0 spiro atoms. The number of nitrogens with zero attached hydrogens (tertiary/aromatic N) is 1. The van der Waals surface area contributed by atoms with E-state index in [1.807, 2.05) is 0 Å². The summed E-state index contributed by atoms with van der Waals surface area (Å²) < 4.78 is 0. The largest absolute Gasteiger partial charge is 0.375 e. The summed E-state index contributed by atoms with van der Waals surface area (Å²) in [4.78, 5) is 10.7. The van der Waals surface area contributed by atoms with Crippen molar-refractivity contribution in [2.45, 2.75) is 0 Å². The lowest BCUT2D eigenvalue weighted by Crippen LogP contribution is -2.27. The van der Waals surface area contributed by atoms with Crippen LogP contribution < -0.4 is 22.2 Å². The molecule has 0 saturated heterocycles. The summed E-state index contributed by atoms with van der Waals surface area (Å²) in [6.07, 6.45) is 1.55. The number of carbonyl (C=O) groups is 1. The third-order valence-electron chi connectivity index (χ3n) is 1.78. The molecule has 0 unspecified atom stereocenters. The summed E-state index contributed by atoms with van der Waals surface area (Å²) in [5.74, 6) is -0.670. The molecule has 94 valence electrons. The Morgan fingerprint density at radius 2 is 1.83 bits per heavy atom. The van der Waals surface area contributed by atoms with Crippen molar-refractivity contribution in [1.82, 2.24) is 5.43 Å². The van der Waals surface area contributed by atoms with Crippen LogP contribution in [-0.2, 0) is 4.79 Å². The number of nitrogens with two attached hydrogens (primary N) is 2. The predicted octanol–water partition coefficient (Wildman–Crippen LogP) is 0.0783. The molecule has 0 fully saturated rings. The molecule has 1 amide bonds. The molecule has 0 aliphatic heterocycles. The van der Waals surface area contributed by atoms with Gasteiger partial charge in [-0.15, -0.1) is 0 Å². The van der Waals surface area contributed by atoms with Crippen LogP contribution in [0.5, 0.6) is 0 Å². The van der Waals surface area contributed by atoms with Gasteiger partial charge in [0.15, 0.2) is 10.1 Å². The minimum absolute atomic E-state index is 0.0356. The van der Waals surface area contributed by atoms with Crippen molar-refractivity contribution in [3.8, 4) is 0 Å². The summed E-state index contributed by atoms with van der Waals surface area (Å²) in [6.45, 7) is 0. The fourth-order valence-corrected chi connectivity index (χ4v) is 1.19. The molecule has 0 aliphatic carbocycles. The van der Waals surface area contributed by atoms with Crippen LogP contribution in [0.1, 0.15) is 5.56 Å². The van der Waals surface area contributed by atoms with Crippen molar-refractivity contribution in [2.75, 3.05) is 5.32 Å². The van der Waals surface area contributed by atoms with Crippen molar-refractivity contribution < 1.29 is 4.79 Å². The van der Waals surface area contributed by atoms with Crippen molar-refractivity contribution in [3.63, 3.8) is 0 Å². The molecule has 18 heavy (non-hydrogen) atoms. The zero-order valence-corrected chi connectivity index (χ0v) is 10.8. The SMILES string of the molecule is NC(=O)C(=S)Nc1ccc(/C=N\NC(N)=S)cc1. The Labute approximate surface area is 114 Å². The molecule has 1 rings (SSSR count). The van der Waals surface area contributed by atoms with E-state index in [1.165, 1.54) is 0 Å². The Balaban J connectivity index is 2.63. The quantitative estimate of drug-likeness (QED) is 0.355. The molecule has 6 nitrogen and oxygen atoms in total. The monoisotopic (exact) mass is 281 g/mol. The highest BCUT2D eigenvalue weighted by molar-refractivity contribution is 7.82. The summed E-state index contributed by atoms with van der Waals surface area (Å²) in [5.41, 5.74) is 14.1. The Morgan fingerprint density at radius 1 is 1.22 bits per heavy atom. The van der Waals surface area contributed by atoms with Gasteiger partial charge in [-0.2, -0.15) is 5.10 Å². The average Bonchev–Trinajstić information content (AvgIpc) is 2.30. The summed E-state index contributed by atoms with van der Waals surface area (Å²) in [7, 11) is 0. The predicted molar refractivity (Wildman–Crippen MR) is 79.4 cm³/mol. The first-order chi connectivity index (χ1) is 8.49. The van der Waals surface area contributed by atoms with Crippen molar-refractivity contribution in [2.24, 2.45) is 16.6 Å². The number of amides is 1. The van der Waals surface area contributed by atoms with Gasteiger partial charge in [-0.1, -0.05) is 24.4 Å². The van der Waals surface area contributed by atoms with Crippen LogP contribution in [0, 0.1) is 0 Å². The minimum Gasteiger partial charge on any atom is -0.375 e. The van der Waals surface area contributed by atoms with E-state index in [0.29, 0.717) is 5.69 Å². The molecule has 6 N–H and O–H groups in total. The lowest BCUT2D eigenvalue weighted by molar-refractivity contribution is -0.111. The van der Waals surface area contributed by atoms with Gasteiger partial charge in [0, 0.05) is 5.69 Å². The van der Waals surface area contributed by atoms with Gasteiger partial charge in [-0.25, -0.2) is 0 Å². The lowest BCUT2D eigenvalue weighted by Gasteiger charge is -2.04. The van der Waals surface area contributed by atoms with E-state index in [1.54, 1.807) is 30.5 Å². The number of thiocarbonyl (C=S) groups is 2. The van der Waals surface area contributed by atoms with Crippen LogP contribution in [0.3, 0.4) is 0 Å². The van der Waals surface area contributed by atoms with E-state index in [2.05, 4.69) is 28.1 Å². The Hall–Kier alpha value is -2.06. The molecular formula is C10H11N5OS2. The maximum absolute atomic E-state index is 10.7. The molecule has 0 atom stereocenters. The second-order valence-corrected chi connectivity index (χ2v) is 4.02. The molecule has 0 aromatic heterocycles. The van der Waals surface area contributed by atoms with Crippen molar-refractivity contribution >= 4 is 52.3 Å². The number of primary amides is 1. The number of nitrogens with one attached hydrogen (secondary N) is 2. The third kappa shape index (κ3) is 4.85. The van der Waals surface area contributed by atoms with E-state index in [0.717, 1.165) is 5.56 Å². The average molecular weight is 281 g/mol. The van der Waals surface area contributed by atoms with Gasteiger partial charge in [0.2, 0.25) is 0 Å². The highest BCUT2D eigenvalue weighted by Crippen LogP contribution is 2.08. The van der Waals surface area contributed by atoms with Crippen LogP contribution in [0.15, 0.2) is 29.4 Å². The molecule has 8 heteroatoms. The number of benzene rings is 1. The van der Waals surface area contributed by atoms with E-state index >= 15 is 0 Å². The van der Waals surface area contributed by atoms with Crippen LogP contribution in [0.25, 0.3) is 0 Å². The molecule has 0 heterocycles. The first kappa shape index (κ1) is 14.0.